The lowest BCUT2D eigenvalue weighted by Crippen LogP contribution is -2.41. The molecule has 0 radical (unpaired) electrons. The molecule has 0 aromatic carbocycles. The van der Waals surface area contributed by atoms with Crippen LogP contribution in [0.25, 0.3) is 0 Å². The number of hydrogen-bond donors (Lipinski definition) is 1. The summed E-state index contributed by atoms with van der Waals surface area (Å²) in [7, 11) is 1.61. The maximum atomic E-state index is 12.1. The van der Waals surface area contributed by atoms with Crippen molar-refractivity contribution in [2.75, 3.05) is 20.2 Å². The van der Waals surface area contributed by atoms with Crippen LogP contribution < -0.4 is 5.73 Å². The Kier molecular flexibility index (Phi) is 8.56. The van der Waals surface area contributed by atoms with E-state index in [9.17, 15) is 4.79 Å². The van der Waals surface area contributed by atoms with Crippen LogP contribution in [-0.4, -0.2) is 43.2 Å². The normalized spacial score (nSPS) is 17.6. The molecule has 102 valence electrons. The number of nitrogens with zero attached hydrogens (tertiary/aromatic N) is 1. The third-order valence-electron chi connectivity index (χ3n) is 3.43. The zero-order valence-electron chi connectivity index (χ0n) is 10.9. The molecule has 1 rings (SSSR count). The van der Waals surface area contributed by atoms with Crippen LogP contribution in [-0.2, 0) is 9.53 Å². The molecule has 0 saturated heterocycles. The lowest BCUT2D eigenvalue weighted by atomic mass is 10.1. The van der Waals surface area contributed by atoms with Gasteiger partial charge in [0.1, 0.15) is 0 Å². The lowest BCUT2D eigenvalue weighted by molar-refractivity contribution is -0.135. The molecule has 0 aromatic rings. The van der Waals surface area contributed by atoms with Crippen LogP contribution in [0.1, 0.15) is 39.0 Å². The topological polar surface area (TPSA) is 55.6 Å². The molecule has 1 fully saturated rings. The summed E-state index contributed by atoms with van der Waals surface area (Å²) in [4.78, 5) is 14.1. The first-order chi connectivity index (χ1) is 7.72. The molecule has 17 heavy (non-hydrogen) atoms. The molecular weight excluding hydrogens is 240 g/mol. The van der Waals surface area contributed by atoms with E-state index < -0.39 is 0 Å². The smallest absolute Gasteiger partial charge is 0.225 e. The highest BCUT2D eigenvalue weighted by Crippen LogP contribution is 2.24. The summed E-state index contributed by atoms with van der Waals surface area (Å²) in [6.07, 6.45) is 5.08. The molecule has 0 heterocycles. The average molecular weight is 265 g/mol. The highest BCUT2D eigenvalue weighted by Gasteiger charge is 2.26. The van der Waals surface area contributed by atoms with Crippen LogP contribution in [0.3, 0.4) is 0 Å². The Morgan fingerprint density at radius 1 is 1.47 bits per heavy atom. The molecular formula is C12H25ClN2O2. The first kappa shape index (κ1) is 16.7. The van der Waals surface area contributed by atoms with Crippen molar-refractivity contribution < 1.29 is 9.53 Å². The monoisotopic (exact) mass is 264 g/mol. The summed E-state index contributed by atoms with van der Waals surface area (Å²) in [6.45, 7) is 3.25. The molecule has 1 aliphatic carbocycles. The zero-order valence-corrected chi connectivity index (χ0v) is 11.7. The van der Waals surface area contributed by atoms with Crippen molar-refractivity contribution in [2.24, 2.45) is 5.73 Å². The molecule has 2 N–H and O–H groups in total. The van der Waals surface area contributed by atoms with Gasteiger partial charge in [-0.15, -0.1) is 12.4 Å². The van der Waals surface area contributed by atoms with Crippen LogP contribution in [0.4, 0.5) is 0 Å². The fourth-order valence-electron chi connectivity index (χ4n) is 2.43. The maximum absolute atomic E-state index is 12.1. The fourth-order valence-corrected chi connectivity index (χ4v) is 2.43. The quantitative estimate of drug-likeness (QED) is 0.792. The standard InChI is InChI=1S/C12H24N2O2.ClH/c1-3-14(10-6-4-5-7-10)12(15)8-11(9-13)16-2;/h10-11H,3-9,13H2,1-2H3;1H. The van der Waals surface area contributed by atoms with E-state index in [0.717, 1.165) is 19.4 Å². The second-order valence-electron chi connectivity index (χ2n) is 4.42. The first-order valence-corrected chi connectivity index (χ1v) is 6.25. The van der Waals surface area contributed by atoms with Gasteiger partial charge in [-0.3, -0.25) is 4.79 Å². The SMILES string of the molecule is CCN(C(=O)CC(CN)OC)C1CCCC1.Cl. The fraction of sp³-hybridized carbons (Fsp3) is 0.917. The van der Waals surface area contributed by atoms with Crippen LogP contribution in [0.5, 0.6) is 0 Å². The Morgan fingerprint density at radius 3 is 2.47 bits per heavy atom. The summed E-state index contributed by atoms with van der Waals surface area (Å²) in [5.41, 5.74) is 5.53. The Morgan fingerprint density at radius 2 is 2.06 bits per heavy atom. The van der Waals surface area contributed by atoms with Crippen LogP contribution in [0, 0.1) is 0 Å². The molecule has 1 unspecified atom stereocenters. The van der Waals surface area contributed by atoms with Crippen molar-refractivity contribution in [3.05, 3.63) is 0 Å². The van der Waals surface area contributed by atoms with E-state index in [1.165, 1.54) is 12.8 Å². The summed E-state index contributed by atoms with van der Waals surface area (Å²) >= 11 is 0. The van der Waals surface area contributed by atoms with Crippen molar-refractivity contribution in [1.29, 1.82) is 0 Å². The predicted octanol–water partition coefficient (Wildman–Crippen LogP) is 1.56. The largest absolute Gasteiger partial charge is 0.380 e. The molecule has 0 bridgehead atoms. The van der Waals surface area contributed by atoms with Crippen LogP contribution >= 0.6 is 12.4 Å². The molecule has 4 nitrogen and oxygen atoms in total. The Hall–Kier alpha value is -0.320. The summed E-state index contributed by atoms with van der Waals surface area (Å²) in [5, 5.41) is 0. The van der Waals surface area contributed by atoms with Gasteiger partial charge in [0.2, 0.25) is 5.91 Å². The highest BCUT2D eigenvalue weighted by molar-refractivity contribution is 5.85. The van der Waals surface area contributed by atoms with Gasteiger partial charge in [0.05, 0.1) is 12.5 Å². The molecule has 1 saturated carbocycles. The lowest BCUT2D eigenvalue weighted by Gasteiger charge is -2.29. The Labute approximate surface area is 110 Å². The molecule has 0 spiro atoms. The Bertz CT molecular complexity index is 217. The zero-order chi connectivity index (χ0) is 12.0. The molecule has 1 amide bonds. The molecule has 0 aromatic heterocycles. The van der Waals surface area contributed by atoms with Gasteiger partial charge < -0.3 is 15.4 Å². The second kappa shape index (κ2) is 8.72. The van der Waals surface area contributed by atoms with Gasteiger partial charge in [0.25, 0.3) is 0 Å². The number of nitrogens with two attached hydrogens (primary N) is 1. The van der Waals surface area contributed by atoms with E-state index in [-0.39, 0.29) is 24.4 Å². The van der Waals surface area contributed by atoms with Crippen LogP contribution in [0.15, 0.2) is 0 Å². The number of carbonyl (C=O) groups excluding carboxylic acids is 1. The van der Waals surface area contributed by atoms with Crippen molar-refractivity contribution in [2.45, 2.75) is 51.2 Å². The third kappa shape index (κ3) is 4.82. The van der Waals surface area contributed by atoms with E-state index in [2.05, 4.69) is 0 Å². The molecule has 1 atom stereocenters. The minimum Gasteiger partial charge on any atom is -0.380 e. The van der Waals surface area contributed by atoms with Crippen LogP contribution in [0.2, 0.25) is 0 Å². The van der Waals surface area contributed by atoms with E-state index >= 15 is 0 Å². The van der Waals surface area contributed by atoms with Gasteiger partial charge in [-0.2, -0.15) is 0 Å². The van der Waals surface area contributed by atoms with E-state index in [4.69, 9.17) is 10.5 Å². The number of ether oxygens (including phenoxy) is 1. The van der Waals surface area contributed by atoms with Crippen molar-refractivity contribution >= 4 is 18.3 Å². The maximum Gasteiger partial charge on any atom is 0.225 e. The van der Waals surface area contributed by atoms with Gasteiger partial charge in [0, 0.05) is 26.2 Å². The summed E-state index contributed by atoms with van der Waals surface area (Å²) in [5.74, 6) is 0.187. The van der Waals surface area contributed by atoms with Gasteiger partial charge in [-0.05, 0) is 19.8 Å². The number of methoxy groups -OCH3 is 1. The molecule has 0 aliphatic heterocycles. The minimum atomic E-state index is -0.136. The van der Waals surface area contributed by atoms with Crippen molar-refractivity contribution in [3.63, 3.8) is 0 Å². The highest BCUT2D eigenvalue weighted by atomic mass is 35.5. The molecule has 5 heteroatoms. The number of amides is 1. The molecule has 1 aliphatic rings. The van der Waals surface area contributed by atoms with Gasteiger partial charge in [-0.25, -0.2) is 0 Å². The van der Waals surface area contributed by atoms with Gasteiger partial charge in [-0.1, -0.05) is 12.8 Å². The number of rotatable bonds is 6. The first-order valence-electron chi connectivity index (χ1n) is 6.25. The number of carbonyl (C=O) groups is 1. The predicted molar refractivity (Wildman–Crippen MR) is 71.4 cm³/mol. The van der Waals surface area contributed by atoms with Crippen molar-refractivity contribution in [1.82, 2.24) is 4.90 Å². The number of halogens is 1. The van der Waals surface area contributed by atoms with Gasteiger partial charge in [0.15, 0.2) is 0 Å². The van der Waals surface area contributed by atoms with E-state index in [0.29, 0.717) is 19.0 Å². The Balaban J connectivity index is 0.00000256. The summed E-state index contributed by atoms with van der Waals surface area (Å²) in [6, 6.07) is 0.452. The van der Waals surface area contributed by atoms with Gasteiger partial charge >= 0.3 is 0 Å². The van der Waals surface area contributed by atoms with E-state index in [1.54, 1.807) is 7.11 Å². The van der Waals surface area contributed by atoms with E-state index in [1.807, 2.05) is 11.8 Å². The number of hydrogen-bond acceptors (Lipinski definition) is 3. The summed E-state index contributed by atoms with van der Waals surface area (Å²) < 4.78 is 5.15. The third-order valence-corrected chi connectivity index (χ3v) is 3.43. The second-order valence-corrected chi connectivity index (χ2v) is 4.42. The minimum absolute atomic E-state index is 0. The average Bonchev–Trinajstić information content (AvgIpc) is 2.80. The van der Waals surface area contributed by atoms with Crippen molar-refractivity contribution in [3.8, 4) is 0 Å².